The van der Waals surface area contributed by atoms with Gasteiger partial charge in [-0.05, 0) is 80.2 Å². The van der Waals surface area contributed by atoms with Gasteiger partial charge < -0.3 is 14.2 Å². The molecule has 168 valence electrons. The molecule has 0 unspecified atom stereocenters. The summed E-state index contributed by atoms with van der Waals surface area (Å²) >= 11 is 0. The monoisotopic (exact) mass is 430 g/mol. The lowest BCUT2D eigenvalue weighted by molar-refractivity contribution is 0.184. The Morgan fingerprint density at radius 1 is 0.903 bits per heavy atom. The van der Waals surface area contributed by atoms with E-state index in [1.165, 1.54) is 6.07 Å². The maximum atomic E-state index is 14.7. The lowest BCUT2D eigenvalue weighted by Crippen LogP contribution is -2.19. The maximum Gasteiger partial charge on any atom is 0.201 e. The fraction of sp³-hybridized carbons (Fsp3) is 0.462. The van der Waals surface area contributed by atoms with Gasteiger partial charge in [0.2, 0.25) is 5.82 Å². The van der Waals surface area contributed by atoms with E-state index in [9.17, 15) is 8.78 Å². The zero-order valence-electron chi connectivity index (χ0n) is 18.2. The van der Waals surface area contributed by atoms with Gasteiger partial charge in [-0.1, -0.05) is 18.2 Å². The topological polar surface area (TPSA) is 27.7 Å². The van der Waals surface area contributed by atoms with Crippen LogP contribution >= 0.6 is 0 Å². The SMILES string of the molecule is C=CC1CCC(COc2ccc(-c3ccc(OCCCCOC)cc3)c(F)c2F)CC1. The Morgan fingerprint density at radius 2 is 1.61 bits per heavy atom. The molecule has 5 heteroatoms. The molecule has 3 rings (SSSR count). The van der Waals surface area contributed by atoms with Crippen LogP contribution in [0.2, 0.25) is 0 Å². The van der Waals surface area contributed by atoms with E-state index >= 15 is 0 Å². The smallest absolute Gasteiger partial charge is 0.201 e. The van der Waals surface area contributed by atoms with Crippen molar-refractivity contribution in [2.45, 2.75) is 38.5 Å². The van der Waals surface area contributed by atoms with Crippen LogP contribution in [-0.4, -0.2) is 26.9 Å². The Balaban J connectivity index is 1.56. The fourth-order valence-electron chi connectivity index (χ4n) is 3.93. The van der Waals surface area contributed by atoms with Crippen LogP contribution in [0.25, 0.3) is 11.1 Å². The van der Waals surface area contributed by atoms with Gasteiger partial charge in [-0.2, -0.15) is 4.39 Å². The largest absolute Gasteiger partial charge is 0.494 e. The summed E-state index contributed by atoms with van der Waals surface area (Å²) < 4.78 is 45.7. The van der Waals surface area contributed by atoms with Crippen LogP contribution in [0, 0.1) is 23.5 Å². The highest BCUT2D eigenvalue weighted by atomic mass is 19.2. The van der Waals surface area contributed by atoms with Crippen molar-refractivity contribution >= 4 is 0 Å². The maximum absolute atomic E-state index is 14.7. The van der Waals surface area contributed by atoms with Crippen molar-refractivity contribution in [2.75, 3.05) is 26.9 Å². The standard InChI is InChI=1S/C26H32F2O3/c1-3-19-6-8-20(9-7-19)18-31-24-15-14-23(25(27)26(24)28)21-10-12-22(13-11-21)30-17-5-4-16-29-2/h3,10-15,19-20H,1,4-9,16-18H2,2H3. The average molecular weight is 431 g/mol. The second-order valence-corrected chi connectivity index (χ2v) is 8.14. The molecular weight excluding hydrogens is 398 g/mol. The summed E-state index contributed by atoms with van der Waals surface area (Å²) in [6, 6.07) is 10.1. The summed E-state index contributed by atoms with van der Waals surface area (Å²) in [7, 11) is 1.68. The van der Waals surface area contributed by atoms with E-state index in [1.807, 2.05) is 6.08 Å². The Hall–Kier alpha value is -2.40. The molecule has 0 spiro atoms. The molecule has 1 fully saturated rings. The molecular formula is C26H32F2O3. The van der Waals surface area contributed by atoms with E-state index in [0.717, 1.165) is 38.5 Å². The lowest BCUT2D eigenvalue weighted by atomic mass is 9.82. The number of hydrogen-bond acceptors (Lipinski definition) is 3. The predicted molar refractivity (Wildman–Crippen MR) is 120 cm³/mol. The van der Waals surface area contributed by atoms with Crippen molar-refractivity contribution in [2.24, 2.45) is 11.8 Å². The second kappa shape index (κ2) is 11.8. The Bertz CT molecular complexity index is 827. The number of rotatable bonds is 11. The van der Waals surface area contributed by atoms with Crippen molar-refractivity contribution in [3.05, 3.63) is 60.7 Å². The van der Waals surface area contributed by atoms with E-state index in [1.54, 1.807) is 37.4 Å². The normalized spacial score (nSPS) is 18.5. The minimum Gasteiger partial charge on any atom is -0.494 e. The molecule has 0 N–H and O–H groups in total. The molecule has 2 aromatic carbocycles. The summed E-state index contributed by atoms with van der Waals surface area (Å²) in [5.74, 6) is -0.203. The summed E-state index contributed by atoms with van der Waals surface area (Å²) in [5, 5.41) is 0. The van der Waals surface area contributed by atoms with Gasteiger partial charge in [-0.25, -0.2) is 4.39 Å². The lowest BCUT2D eigenvalue weighted by Gasteiger charge is -2.26. The molecule has 1 aliphatic rings. The van der Waals surface area contributed by atoms with Gasteiger partial charge in [0.25, 0.3) is 0 Å². The van der Waals surface area contributed by atoms with Gasteiger partial charge >= 0.3 is 0 Å². The van der Waals surface area contributed by atoms with Crippen LogP contribution in [0.4, 0.5) is 8.78 Å². The molecule has 0 aliphatic heterocycles. The minimum absolute atomic E-state index is 0.0249. The quantitative estimate of drug-likeness (QED) is 0.290. The third kappa shape index (κ3) is 6.54. The van der Waals surface area contributed by atoms with E-state index in [2.05, 4.69) is 6.58 Å². The molecule has 0 radical (unpaired) electrons. The molecule has 2 aromatic rings. The number of halogens is 2. The first-order valence-corrected chi connectivity index (χ1v) is 11.1. The zero-order chi connectivity index (χ0) is 22.1. The van der Waals surface area contributed by atoms with Gasteiger partial charge in [0.15, 0.2) is 11.6 Å². The van der Waals surface area contributed by atoms with Crippen LogP contribution in [0.3, 0.4) is 0 Å². The molecule has 3 nitrogen and oxygen atoms in total. The first kappa shape index (κ1) is 23.3. The molecule has 0 amide bonds. The molecule has 0 aromatic heterocycles. The second-order valence-electron chi connectivity index (χ2n) is 8.14. The number of ether oxygens (including phenoxy) is 3. The summed E-state index contributed by atoms with van der Waals surface area (Å²) in [6.07, 6.45) is 8.06. The molecule has 0 heterocycles. The van der Waals surface area contributed by atoms with Crippen molar-refractivity contribution in [3.8, 4) is 22.6 Å². The van der Waals surface area contributed by atoms with Crippen LogP contribution in [0.1, 0.15) is 38.5 Å². The van der Waals surface area contributed by atoms with Crippen molar-refractivity contribution < 1.29 is 23.0 Å². The van der Waals surface area contributed by atoms with Crippen LogP contribution < -0.4 is 9.47 Å². The predicted octanol–water partition coefficient (Wildman–Crippen LogP) is 6.81. The van der Waals surface area contributed by atoms with Gasteiger partial charge in [0, 0.05) is 19.3 Å². The minimum atomic E-state index is -0.934. The highest BCUT2D eigenvalue weighted by Crippen LogP contribution is 2.33. The number of unbranched alkanes of at least 4 members (excludes halogenated alkanes) is 1. The van der Waals surface area contributed by atoms with Crippen molar-refractivity contribution in [1.29, 1.82) is 0 Å². The third-order valence-corrected chi connectivity index (χ3v) is 5.92. The fourth-order valence-corrected chi connectivity index (χ4v) is 3.93. The van der Waals surface area contributed by atoms with Crippen LogP contribution in [-0.2, 0) is 4.74 Å². The first-order valence-electron chi connectivity index (χ1n) is 11.1. The molecule has 0 saturated heterocycles. The zero-order valence-corrected chi connectivity index (χ0v) is 18.2. The van der Waals surface area contributed by atoms with E-state index in [4.69, 9.17) is 14.2 Å². The van der Waals surface area contributed by atoms with E-state index in [-0.39, 0.29) is 11.3 Å². The van der Waals surface area contributed by atoms with E-state index in [0.29, 0.717) is 43.0 Å². The van der Waals surface area contributed by atoms with Gasteiger partial charge in [-0.3, -0.25) is 0 Å². The summed E-state index contributed by atoms with van der Waals surface area (Å²) in [4.78, 5) is 0. The molecule has 0 atom stereocenters. The van der Waals surface area contributed by atoms with Gasteiger partial charge in [0.05, 0.1) is 13.2 Å². The van der Waals surface area contributed by atoms with Gasteiger partial charge in [-0.15, -0.1) is 6.58 Å². The number of hydrogen-bond donors (Lipinski definition) is 0. The highest BCUT2D eigenvalue weighted by Gasteiger charge is 2.21. The number of methoxy groups -OCH3 is 1. The van der Waals surface area contributed by atoms with Crippen LogP contribution in [0.5, 0.6) is 11.5 Å². The third-order valence-electron chi connectivity index (χ3n) is 5.92. The van der Waals surface area contributed by atoms with Gasteiger partial charge in [0.1, 0.15) is 5.75 Å². The highest BCUT2D eigenvalue weighted by molar-refractivity contribution is 5.66. The number of allylic oxidation sites excluding steroid dienone is 1. The Morgan fingerprint density at radius 3 is 2.29 bits per heavy atom. The van der Waals surface area contributed by atoms with Crippen molar-refractivity contribution in [3.63, 3.8) is 0 Å². The molecule has 1 aliphatic carbocycles. The summed E-state index contributed by atoms with van der Waals surface area (Å²) in [5.41, 5.74) is 0.806. The van der Waals surface area contributed by atoms with Crippen molar-refractivity contribution in [1.82, 2.24) is 0 Å². The molecule has 1 saturated carbocycles. The number of benzene rings is 2. The Labute approximate surface area is 184 Å². The summed E-state index contributed by atoms with van der Waals surface area (Å²) in [6.45, 7) is 5.57. The molecule has 0 bridgehead atoms. The van der Waals surface area contributed by atoms with E-state index < -0.39 is 11.6 Å². The Kier molecular flexibility index (Phi) is 8.89. The van der Waals surface area contributed by atoms with Crippen LogP contribution in [0.15, 0.2) is 49.1 Å². The molecule has 31 heavy (non-hydrogen) atoms. The average Bonchev–Trinajstić information content (AvgIpc) is 2.81. The first-order chi connectivity index (χ1) is 15.1.